The van der Waals surface area contributed by atoms with E-state index in [9.17, 15) is 10.0 Å². The number of pyridine rings is 1. The minimum atomic E-state index is -0.484. The molecule has 3 rings (SSSR count). The predicted molar refractivity (Wildman–Crippen MR) is 94.9 cm³/mol. The number of rotatable bonds is 5. The lowest BCUT2D eigenvalue weighted by Gasteiger charge is -2.10. The van der Waals surface area contributed by atoms with Crippen LogP contribution in [0.1, 0.15) is 11.1 Å². The summed E-state index contributed by atoms with van der Waals surface area (Å²) in [5.41, 5.74) is 0.687. The van der Waals surface area contributed by atoms with E-state index in [1.165, 1.54) is 6.20 Å². The zero-order valence-corrected chi connectivity index (χ0v) is 14.2. The van der Waals surface area contributed by atoms with Gasteiger partial charge < -0.3 is 14.7 Å². The van der Waals surface area contributed by atoms with Crippen molar-refractivity contribution in [1.82, 2.24) is 4.73 Å². The van der Waals surface area contributed by atoms with Gasteiger partial charge in [0.15, 0.2) is 0 Å². The smallest absolute Gasteiger partial charge is 0.289 e. The zero-order chi connectivity index (χ0) is 17.8. The standard InChI is InChI=1S/C19H16ClNO4/c1-13-10-11-21(23)19(22)18(13)12-24-15-6-8-17(9-7-15)25-16-4-2-14(20)3-5-16/h2-11,23H,12H2,1H3. The summed E-state index contributed by atoms with van der Waals surface area (Å²) in [6.45, 7) is 1.87. The quantitative estimate of drug-likeness (QED) is 0.687. The van der Waals surface area contributed by atoms with E-state index in [0.29, 0.717) is 32.6 Å². The molecule has 1 heterocycles. The van der Waals surface area contributed by atoms with Crippen LogP contribution in [0.3, 0.4) is 0 Å². The van der Waals surface area contributed by atoms with Crippen molar-refractivity contribution in [1.29, 1.82) is 0 Å². The average Bonchev–Trinajstić information content (AvgIpc) is 2.62. The summed E-state index contributed by atoms with van der Waals surface area (Å²) in [5.74, 6) is 1.93. The molecule has 0 saturated carbocycles. The van der Waals surface area contributed by atoms with Crippen LogP contribution in [0, 0.1) is 6.92 Å². The molecule has 0 aliphatic heterocycles. The lowest BCUT2D eigenvalue weighted by Crippen LogP contribution is -2.23. The van der Waals surface area contributed by atoms with E-state index in [0.717, 1.165) is 5.56 Å². The van der Waals surface area contributed by atoms with Crippen molar-refractivity contribution in [2.45, 2.75) is 13.5 Å². The number of nitrogens with zero attached hydrogens (tertiary/aromatic N) is 1. The molecule has 1 N–H and O–H groups in total. The summed E-state index contributed by atoms with van der Waals surface area (Å²) in [4.78, 5) is 11.9. The van der Waals surface area contributed by atoms with Gasteiger partial charge in [0.1, 0.15) is 23.9 Å². The monoisotopic (exact) mass is 357 g/mol. The average molecular weight is 358 g/mol. The number of ether oxygens (including phenoxy) is 2. The van der Waals surface area contributed by atoms with Gasteiger partial charge in [0.05, 0.1) is 5.56 Å². The van der Waals surface area contributed by atoms with Crippen LogP contribution in [0.4, 0.5) is 0 Å². The first-order valence-corrected chi connectivity index (χ1v) is 7.97. The maximum Gasteiger partial charge on any atom is 0.289 e. The summed E-state index contributed by atoms with van der Waals surface area (Å²) < 4.78 is 11.9. The van der Waals surface area contributed by atoms with Crippen LogP contribution >= 0.6 is 11.6 Å². The largest absolute Gasteiger partial charge is 0.489 e. The summed E-state index contributed by atoms with van der Waals surface area (Å²) in [7, 11) is 0. The van der Waals surface area contributed by atoms with E-state index < -0.39 is 5.56 Å². The van der Waals surface area contributed by atoms with E-state index in [2.05, 4.69) is 0 Å². The second kappa shape index (κ2) is 7.32. The Morgan fingerprint density at radius 1 is 0.960 bits per heavy atom. The maximum atomic E-state index is 11.9. The first-order valence-electron chi connectivity index (χ1n) is 7.59. The highest BCUT2D eigenvalue weighted by Crippen LogP contribution is 2.25. The van der Waals surface area contributed by atoms with Crippen LogP contribution in [-0.4, -0.2) is 9.94 Å². The number of hydrogen-bond donors (Lipinski definition) is 1. The van der Waals surface area contributed by atoms with Gasteiger partial charge in [-0.2, -0.15) is 4.73 Å². The number of benzene rings is 2. The summed E-state index contributed by atoms with van der Waals surface area (Å²) in [6.07, 6.45) is 1.31. The van der Waals surface area contributed by atoms with Crippen molar-refractivity contribution < 1.29 is 14.7 Å². The van der Waals surface area contributed by atoms with Gasteiger partial charge in [-0.25, -0.2) is 0 Å². The fourth-order valence-corrected chi connectivity index (χ4v) is 2.36. The molecule has 0 spiro atoms. The van der Waals surface area contributed by atoms with Gasteiger partial charge in [0, 0.05) is 11.2 Å². The molecular weight excluding hydrogens is 342 g/mol. The molecule has 0 saturated heterocycles. The maximum absolute atomic E-state index is 11.9. The first kappa shape index (κ1) is 16.9. The molecule has 2 aromatic carbocycles. The van der Waals surface area contributed by atoms with Crippen LogP contribution in [0.2, 0.25) is 5.02 Å². The highest BCUT2D eigenvalue weighted by Gasteiger charge is 2.08. The molecule has 3 aromatic rings. The molecule has 0 aliphatic rings. The van der Waals surface area contributed by atoms with Gasteiger partial charge in [-0.3, -0.25) is 4.79 Å². The third-order valence-electron chi connectivity index (χ3n) is 3.66. The third kappa shape index (κ3) is 4.14. The predicted octanol–water partition coefficient (Wildman–Crippen LogP) is 4.42. The van der Waals surface area contributed by atoms with Crippen LogP contribution < -0.4 is 15.0 Å². The van der Waals surface area contributed by atoms with Gasteiger partial charge in [-0.05, 0) is 67.1 Å². The lowest BCUT2D eigenvalue weighted by atomic mass is 10.2. The van der Waals surface area contributed by atoms with Crippen molar-refractivity contribution >= 4 is 11.6 Å². The minimum Gasteiger partial charge on any atom is -0.489 e. The molecular formula is C19H16ClNO4. The Morgan fingerprint density at radius 2 is 1.52 bits per heavy atom. The number of hydrogen-bond acceptors (Lipinski definition) is 4. The van der Waals surface area contributed by atoms with E-state index in [1.54, 1.807) is 61.5 Å². The van der Waals surface area contributed by atoms with Gasteiger partial charge in [0.25, 0.3) is 5.56 Å². The second-order valence-electron chi connectivity index (χ2n) is 5.44. The van der Waals surface area contributed by atoms with Crippen LogP contribution in [0.25, 0.3) is 0 Å². The van der Waals surface area contributed by atoms with Gasteiger partial charge in [0.2, 0.25) is 0 Å². The van der Waals surface area contributed by atoms with Crippen molar-refractivity contribution in [3.8, 4) is 17.2 Å². The topological polar surface area (TPSA) is 60.7 Å². The Labute approximate surface area is 149 Å². The summed E-state index contributed by atoms with van der Waals surface area (Å²) in [6, 6.07) is 15.8. The minimum absolute atomic E-state index is 0.0729. The Bertz CT molecular complexity index is 918. The fraction of sp³-hybridized carbons (Fsp3) is 0.105. The fourth-order valence-electron chi connectivity index (χ4n) is 2.23. The molecule has 0 bridgehead atoms. The summed E-state index contributed by atoms with van der Waals surface area (Å²) in [5, 5.41) is 10.1. The van der Waals surface area contributed by atoms with Crippen LogP contribution in [-0.2, 0) is 6.61 Å². The van der Waals surface area contributed by atoms with Crippen molar-refractivity contribution in [2.75, 3.05) is 0 Å². The second-order valence-corrected chi connectivity index (χ2v) is 5.88. The molecule has 1 aromatic heterocycles. The Hall–Kier alpha value is -2.92. The normalized spacial score (nSPS) is 10.5. The molecule has 0 aliphatic carbocycles. The van der Waals surface area contributed by atoms with E-state index >= 15 is 0 Å². The Kier molecular flexibility index (Phi) is 4.95. The van der Waals surface area contributed by atoms with Crippen LogP contribution in [0.15, 0.2) is 65.6 Å². The van der Waals surface area contributed by atoms with Gasteiger partial charge >= 0.3 is 0 Å². The Morgan fingerprint density at radius 3 is 2.16 bits per heavy atom. The van der Waals surface area contributed by atoms with Crippen molar-refractivity contribution in [2.24, 2.45) is 0 Å². The van der Waals surface area contributed by atoms with E-state index in [-0.39, 0.29) is 6.61 Å². The molecule has 5 nitrogen and oxygen atoms in total. The molecule has 0 amide bonds. The van der Waals surface area contributed by atoms with E-state index in [1.807, 2.05) is 0 Å². The molecule has 0 fully saturated rings. The summed E-state index contributed by atoms with van der Waals surface area (Å²) >= 11 is 5.84. The number of halogens is 1. The molecule has 0 radical (unpaired) electrons. The third-order valence-corrected chi connectivity index (χ3v) is 3.92. The van der Waals surface area contributed by atoms with Gasteiger partial charge in [-0.15, -0.1) is 0 Å². The molecule has 0 unspecified atom stereocenters. The molecule has 128 valence electrons. The highest BCUT2D eigenvalue weighted by molar-refractivity contribution is 6.30. The lowest BCUT2D eigenvalue weighted by molar-refractivity contribution is 0.171. The molecule has 0 atom stereocenters. The number of aryl methyl sites for hydroxylation is 1. The first-order chi connectivity index (χ1) is 12.0. The SMILES string of the molecule is Cc1ccn(O)c(=O)c1COc1ccc(Oc2ccc(Cl)cc2)cc1. The van der Waals surface area contributed by atoms with Crippen molar-refractivity contribution in [3.63, 3.8) is 0 Å². The van der Waals surface area contributed by atoms with E-state index in [4.69, 9.17) is 21.1 Å². The van der Waals surface area contributed by atoms with Crippen LogP contribution in [0.5, 0.6) is 17.2 Å². The molecule has 6 heteroatoms. The Balaban J connectivity index is 1.66. The number of aromatic nitrogens is 1. The molecule has 25 heavy (non-hydrogen) atoms. The van der Waals surface area contributed by atoms with Crippen molar-refractivity contribution in [3.05, 3.63) is 87.3 Å². The zero-order valence-electron chi connectivity index (χ0n) is 13.5. The highest BCUT2D eigenvalue weighted by atomic mass is 35.5. The van der Waals surface area contributed by atoms with Gasteiger partial charge in [-0.1, -0.05) is 11.6 Å².